The molecular formula is C11H17N3O2. The van der Waals surface area contributed by atoms with Gasteiger partial charge in [-0.25, -0.2) is 0 Å². The Bertz CT molecular complexity index is 366. The Kier molecular flexibility index (Phi) is 4.72. The van der Waals surface area contributed by atoms with Gasteiger partial charge in [0.25, 0.3) is 5.91 Å². The minimum atomic E-state index is -0.491. The second-order valence-electron chi connectivity index (χ2n) is 3.43. The van der Waals surface area contributed by atoms with Crippen LogP contribution in [0.2, 0.25) is 0 Å². The summed E-state index contributed by atoms with van der Waals surface area (Å²) in [5.41, 5.74) is 6.73. The summed E-state index contributed by atoms with van der Waals surface area (Å²) >= 11 is 0. The van der Waals surface area contributed by atoms with Gasteiger partial charge in [0.05, 0.1) is 5.69 Å². The molecule has 0 saturated heterocycles. The molecule has 0 radical (unpaired) electrons. The molecule has 1 amide bonds. The van der Waals surface area contributed by atoms with Gasteiger partial charge in [0.15, 0.2) is 6.61 Å². The summed E-state index contributed by atoms with van der Waals surface area (Å²) in [6.07, 6.45) is 0. The topological polar surface area (TPSA) is 77.2 Å². The molecule has 1 aromatic rings. The van der Waals surface area contributed by atoms with Gasteiger partial charge in [0.1, 0.15) is 5.75 Å². The molecule has 0 aliphatic carbocycles. The fourth-order valence-corrected chi connectivity index (χ4v) is 1.25. The number of hydrogen-bond acceptors (Lipinski definition) is 4. The van der Waals surface area contributed by atoms with Crippen LogP contribution in [0.4, 0.5) is 0 Å². The van der Waals surface area contributed by atoms with Crippen LogP contribution in [0.5, 0.6) is 5.75 Å². The SMILES string of the molecule is CCNCc1nc(C)ccc1OCC(N)=O. The van der Waals surface area contributed by atoms with Crippen LogP contribution in [0.15, 0.2) is 12.1 Å². The van der Waals surface area contributed by atoms with E-state index in [0.717, 1.165) is 17.9 Å². The van der Waals surface area contributed by atoms with E-state index in [4.69, 9.17) is 10.5 Å². The number of amides is 1. The number of rotatable bonds is 6. The number of nitrogens with two attached hydrogens (primary N) is 1. The van der Waals surface area contributed by atoms with Crippen molar-refractivity contribution in [3.63, 3.8) is 0 Å². The molecule has 0 bridgehead atoms. The number of carbonyl (C=O) groups excluding carboxylic acids is 1. The van der Waals surface area contributed by atoms with Gasteiger partial charge >= 0.3 is 0 Å². The molecule has 0 aromatic carbocycles. The lowest BCUT2D eigenvalue weighted by Crippen LogP contribution is -2.21. The molecule has 1 heterocycles. The zero-order valence-electron chi connectivity index (χ0n) is 9.62. The summed E-state index contributed by atoms with van der Waals surface area (Å²) in [5.74, 6) is 0.111. The lowest BCUT2D eigenvalue weighted by atomic mass is 10.3. The molecule has 5 nitrogen and oxygen atoms in total. The zero-order valence-corrected chi connectivity index (χ0v) is 9.62. The number of carbonyl (C=O) groups is 1. The van der Waals surface area contributed by atoms with Crippen LogP contribution in [-0.2, 0) is 11.3 Å². The molecule has 0 fully saturated rings. The van der Waals surface area contributed by atoms with Crippen LogP contribution in [0.1, 0.15) is 18.3 Å². The predicted octanol–water partition coefficient (Wildman–Crippen LogP) is 0.364. The lowest BCUT2D eigenvalue weighted by molar-refractivity contribution is -0.119. The van der Waals surface area contributed by atoms with Crippen molar-refractivity contribution in [3.05, 3.63) is 23.5 Å². The number of nitrogens with zero attached hydrogens (tertiary/aromatic N) is 1. The number of aryl methyl sites for hydroxylation is 1. The number of aromatic nitrogens is 1. The predicted molar refractivity (Wildman–Crippen MR) is 61.0 cm³/mol. The van der Waals surface area contributed by atoms with E-state index in [1.165, 1.54) is 0 Å². The van der Waals surface area contributed by atoms with Gasteiger partial charge in [0, 0.05) is 12.2 Å². The summed E-state index contributed by atoms with van der Waals surface area (Å²) in [6, 6.07) is 3.64. The maximum absolute atomic E-state index is 10.6. The van der Waals surface area contributed by atoms with E-state index in [2.05, 4.69) is 10.3 Å². The van der Waals surface area contributed by atoms with Crippen molar-refractivity contribution in [1.82, 2.24) is 10.3 Å². The van der Waals surface area contributed by atoms with E-state index in [9.17, 15) is 4.79 Å². The molecule has 5 heteroatoms. The van der Waals surface area contributed by atoms with Crippen molar-refractivity contribution in [1.29, 1.82) is 0 Å². The highest BCUT2D eigenvalue weighted by Gasteiger charge is 2.06. The van der Waals surface area contributed by atoms with Gasteiger partial charge in [-0.05, 0) is 25.6 Å². The Morgan fingerprint density at radius 3 is 2.94 bits per heavy atom. The first-order valence-electron chi connectivity index (χ1n) is 5.21. The van der Waals surface area contributed by atoms with Gasteiger partial charge in [-0.2, -0.15) is 0 Å². The summed E-state index contributed by atoms with van der Waals surface area (Å²) in [7, 11) is 0. The number of ether oxygens (including phenoxy) is 1. The molecule has 16 heavy (non-hydrogen) atoms. The Hall–Kier alpha value is -1.62. The fourth-order valence-electron chi connectivity index (χ4n) is 1.25. The smallest absolute Gasteiger partial charge is 0.255 e. The van der Waals surface area contributed by atoms with Crippen LogP contribution in [0.25, 0.3) is 0 Å². The maximum Gasteiger partial charge on any atom is 0.255 e. The van der Waals surface area contributed by atoms with Gasteiger partial charge in [-0.3, -0.25) is 9.78 Å². The molecule has 0 spiro atoms. The van der Waals surface area contributed by atoms with Crippen molar-refractivity contribution < 1.29 is 9.53 Å². The van der Waals surface area contributed by atoms with Crippen molar-refractivity contribution in [2.45, 2.75) is 20.4 Å². The Morgan fingerprint density at radius 1 is 1.56 bits per heavy atom. The summed E-state index contributed by atoms with van der Waals surface area (Å²) < 4.78 is 5.27. The first-order valence-corrected chi connectivity index (χ1v) is 5.21. The molecule has 1 rings (SSSR count). The molecule has 88 valence electrons. The summed E-state index contributed by atoms with van der Waals surface area (Å²) in [6.45, 7) is 5.27. The lowest BCUT2D eigenvalue weighted by Gasteiger charge is -2.10. The first-order chi connectivity index (χ1) is 7.63. The molecule has 0 unspecified atom stereocenters. The van der Waals surface area contributed by atoms with E-state index in [1.54, 1.807) is 6.07 Å². The summed E-state index contributed by atoms with van der Waals surface area (Å²) in [5, 5.41) is 3.16. The van der Waals surface area contributed by atoms with Gasteiger partial charge in [0.2, 0.25) is 0 Å². The van der Waals surface area contributed by atoms with E-state index < -0.39 is 5.91 Å². The molecule has 0 atom stereocenters. The highest BCUT2D eigenvalue weighted by Crippen LogP contribution is 2.16. The highest BCUT2D eigenvalue weighted by atomic mass is 16.5. The van der Waals surface area contributed by atoms with Crippen LogP contribution in [-0.4, -0.2) is 24.0 Å². The van der Waals surface area contributed by atoms with Crippen molar-refractivity contribution in [2.75, 3.05) is 13.2 Å². The van der Waals surface area contributed by atoms with Crippen LogP contribution >= 0.6 is 0 Å². The number of hydrogen-bond donors (Lipinski definition) is 2. The van der Waals surface area contributed by atoms with Crippen molar-refractivity contribution in [2.24, 2.45) is 5.73 Å². The molecule has 0 aliphatic rings. The third kappa shape index (κ3) is 3.86. The number of primary amides is 1. The van der Waals surface area contributed by atoms with Crippen molar-refractivity contribution >= 4 is 5.91 Å². The Morgan fingerprint density at radius 2 is 2.31 bits per heavy atom. The van der Waals surface area contributed by atoms with Crippen molar-refractivity contribution in [3.8, 4) is 5.75 Å². The largest absolute Gasteiger partial charge is 0.482 e. The van der Waals surface area contributed by atoms with E-state index in [0.29, 0.717) is 12.3 Å². The Labute approximate surface area is 95.0 Å². The normalized spacial score (nSPS) is 10.1. The number of nitrogens with one attached hydrogen (secondary N) is 1. The zero-order chi connectivity index (χ0) is 12.0. The minimum absolute atomic E-state index is 0.121. The van der Waals surface area contributed by atoms with Gasteiger partial charge < -0.3 is 15.8 Å². The van der Waals surface area contributed by atoms with Crippen LogP contribution < -0.4 is 15.8 Å². The van der Waals surface area contributed by atoms with Gasteiger partial charge in [-0.1, -0.05) is 6.92 Å². The third-order valence-electron chi connectivity index (χ3n) is 1.98. The summed E-state index contributed by atoms with van der Waals surface area (Å²) in [4.78, 5) is 15.0. The van der Waals surface area contributed by atoms with Gasteiger partial charge in [-0.15, -0.1) is 0 Å². The second-order valence-corrected chi connectivity index (χ2v) is 3.43. The molecular weight excluding hydrogens is 206 g/mol. The average molecular weight is 223 g/mol. The highest BCUT2D eigenvalue weighted by molar-refractivity contribution is 5.75. The van der Waals surface area contributed by atoms with Crippen LogP contribution in [0, 0.1) is 6.92 Å². The third-order valence-corrected chi connectivity index (χ3v) is 1.98. The molecule has 0 aliphatic heterocycles. The molecule has 0 saturated carbocycles. The van der Waals surface area contributed by atoms with E-state index >= 15 is 0 Å². The second kappa shape index (κ2) is 6.07. The average Bonchev–Trinajstić information content (AvgIpc) is 2.24. The molecule has 1 aromatic heterocycles. The molecule has 3 N–H and O–H groups in total. The van der Waals surface area contributed by atoms with Crippen LogP contribution in [0.3, 0.4) is 0 Å². The fraction of sp³-hybridized carbons (Fsp3) is 0.455. The monoisotopic (exact) mass is 223 g/mol. The van der Waals surface area contributed by atoms with E-state index in [-0.39, 0.29) is 6.61 Å². The minimum Gasteiger partial charge on any atom is -0.482 e. The van der Waals surface area contributed by atoms with E-state index in [1.807, 2.05) is 19.9 Å². The first kappa shape index (κ1) is 12.4. The standard InChI is InChI=1S/C11H17N3O2/c1-3-13-6-9-10(16-7-11(12)15)5-4-8(2)14-9/h4-5,13H,3,6-7H2,1-2H3,(H2,12,15). The maximum atomic E-state index is 10.6. The number of pyridine rings is 1. The quantitative estimate of drug-likeness (QED) is 0.730. The Balaban J connectivity index is 2.76.